The number of nitrogens with one attached hydrogen (secondary N) is 1. The highest BCUT2D eigenvalue weighted by Gasteiger charge is 2.36. The number of hydrogen-bond acceptors (Lipinski definition) is 8. The van der Waals surface area contributed by atoms with Gasteiger partial charge in [0.2, 0.25) is 0 Å². The molecule has 1 N–H and O–H groups in total. The van der Waals surface area contributed by atoms with Gasteiger partial charge >= 0.3 is 11.9 Å². The predicted molar refractivity (Wildman–Crippen MR) is 238 cm³/mol. The van der Waals surface area contributed by atoms with Crippen LogP contribution in [0.2, 0.25) is 0 Å². The first-order valence-electron chi connectivity index (χ1n) is 21.9. The summed E-state index contributed by atoms with van der Waals surface area (Å²) in [5, 5.41) is 5.92. The number of aromatic nitrogens is 6. The van der Waals surface area contributed by atoms with E-state index >= 15 is 0 Å². The number of anilines is 2. The number of rotatable bonds is 9. The zero-order chi connectivity index (χ0) is 40.9. The number of para-hydroxylation sites is 2. The Hall–Kier alpha value is -6.56. The van der Waals surface area contributed by atoms with Gasteiger partial charge in [-0.25, -0.2) is 19.6 Å². The van der Waals surface area contributed by atoms with Crippen LogP contribution in [0, 0.1) is 11.8 Å². The van der Waals surface area contributed by atoms with Crippen molar-refractivity contribution in [3.63, 3.8) is 0 Å². The molecule has 308 valence electrons. The van der Waals surface area contributed by atoms with Crippen LogP contribution in [0.5, 0.6) is 0 Å². The van der Waals surface area contributed by atoms with Gasteiger partial charge in [-0.3, -0.25) is 0 Å². The van der Waals surface area contributed by atoms with Crippen LogP contribution in [0.15, 0.2) is 84.9 Å². The largest absolute Gasteiger partial charge is 0.465 e. The van der Waals surface area contributed by atoms with Gasteiger partial charge in [0.05, 0.1) is 70.2 Å². The van der Waals surface area contributed by atoms with Crippen molar-refractivity contribution in [1.29, 1.82) is 0 Å². The fraction of sp³-hybridized carbons (Fsp3) is 0.347. The molecule has 3 aliphatic carbocycles. The second-order valence-corrected chi connectivity index (χ2v) is 17.5. The summed E-state index contributed by atoms with van der Waals surface area (Å²) in [7, 11) is 2.85. The molecule has 6 heterocycles. The second kappa shape index (κ2) is 14.0. The Morgan fingerprint density at radius 2 is 1.18 bits per heavy atom. The molecular formula is C49H48N8O4. The molecule has 0 radical (unpaired) electrons. The maximum atomic E-state index is 12.4. The Bertz CT molecular complexity index is 3080. The number of nitrogens with zero attached hydrogens (tertiary/aromatic N) is 7. The van der Waals surface area contributed by atoms with Crippen LogP contribution in [-0.4, -0.2) is 73.5 Å². The third-order valence-corrected chi connectivity index (χ3v) is 13.4. The maximum Gasteiger partial charge on any atom is 0.338 e. The Balaban J connectivity index is 0.000000131. The number of fused-ring (bicyclic) bond motifs is 2. The number of methoxy groups -OCH3 is 2. The van der Waals surface area contributed by atoms with Gasteiger partial charge in [-0.05, 0) is 98.9 Å². The van der Waals surface area contributed by atoms with E-state index in [0.717, 1.165) is 102 Å². The summed E-state index contributed by atoms with van der Waals surface area (Å²) in [4.78, 5) is 37.2. The van der Waals surface area contributed by atoms with Crippen molar-refractivity contribution in [3.8, 4) is 23.0 Å². The maximum absolute atomic E-state index is 12.4. The molecule has 2 aliphatic heterocycles. The Morgan fingerprint density at radius 3 is 1.74 bits per heavy atom. The van der Waals surface area contributed by atoms with Crippen LogP contribution in [-0.2, 0) is 35.7 Å². The molecule has 8 aromatic rings. The first kappa shape index (κ1) is 36.3. The third-order valence-electron chi connectivity index (χ3n) is 13.4. The molecule has 61 heavy (non-hydrogen) atoms. The number of hydrogen-bond donors (Lipinski definition) is 1. The molecule has 13 rings (SSSR count). The van der Waals surface area contributed by atoms with Gasteiger partial charge < -0.3 is 38.0 Å². The van der Waals surface area contributed by atoms with Gasteiger partial charge in [0.15, 0.2) is 11.6 Å². The van der Waals surface area contributed by atoms with Gasteiger partial charge in [-0.1, -0.05) is 36.4 Å². The van der Waals surface area contributed by atoms with E-state index in [1.165, 1.54) is 80.2 Å². The molecule has 12 nitrogen and oxygen atoms in total. The van der Waals surface area contributed by atoms with Crippen molar-refractivity contribution in [2.45, 2.75) is 70.7 Å². The minimum absolute atomic E-state index is 0.302. The van der Waals surface area contributed by atoms with Crippen LogP contribution in [0.4, 0.5) is 11.4 Å². The highest BCUT2D eigenvalue weighted by Crippen LogP contribution is 2.43. The molecule has 5 aliphatic rings. The molecular weight excluding hydrogens is 765 g/mol. The van der Waals surface area contributed by atoms with E-state index in [9.17, 15) is 9.59 Å². The number of esters is 2. The monoisotopic (exact) mass is 812 g/mol. The van der Waals surface area contributed by atoms with Crippen molar-refractivity contribution >= 4 is 67.2 Å². The molecule has 0 amide bonds. The van der Waals surface area contributed by atoms with Crippen LogP contribution in [0.25, 0.3) is 66.9 Å². The van der Waals surface area contributed by atoms with E-state index in [1.54, 1.807) is 0 Å². The van der Waals surface area contributed by atoms with Gasteiger partial charge in [0, 0.05) is 67.1 Å². The smallest absolute Gasteiger partial charge is 0.338 e. The number of carbonyl (C=O) groups is 2. The van der Waals surface area contributed by atoms with Crippen molar-refractivity contribution in [1.82, 2.24) is 28.2 Å². The molecule has 12 heteroatoms. The van der Waals surface area contributed by atoms with Crippen molar-refractivity contribution in [3.05, 3.63) is 96.1 Å². The summed E-state index contributed by atoms with van der Waals surface area (Å²) in [6.45, 7) is 5.59. The molecule has 3 fully saturated rings. The summed E-state index contributed by atoms with van der Waals surface area (Å²) in [6.07, 6.45) is 7.68. The summed E-state index contributed by atoms with van der Waals surface area (Å²) < 4.78 is 19.5. The van der Waals surface area contributed by atoms with E-state index < -0.39 is 0 Å². The number of benzene rings is 4. The average molecular weight is 813 g/mol. The molecule has 0 bridgehead atoms. The fourth-order valence-corrected chi connectivity index (χ4v) is 9.86. The minimum Gasteiger partial charge on any atom is -0.465 e. The SMILES string of the molecule is COC(=O)c1cc2c3c(c1)nc(-c1cc4ccccc4n1CC1CC1)n3CCN2.COC(=O)c1cc2c3c(c1)nc(-c1cc4ccccc4n1CC1CC1)n3CCN2C1CC1. The van der Waals surface area contributed by atoms with Crippen molar-refractivity contribution < 1.29 is 19.1 Å². The Kier molecular flexibility index (Phi) is 8.33. The van der Waals surface area contributed by atoms with Gasteiger partial charge in [-0.15, -0.1) is 0 Å². The number of imidazole rings is 2. The molecule has 0 atom stereocenters. The lowest BCUT2D eigenvalue weighted by atomic mass is 10.1. The van der Waals surface area contributed by atoms with E-state index in [4.69, 9.17) is 19.4 Å². The predicted octanol–water partition coefficient (Wildman–Crippen LogP) is 9.12. The molecule has 0 unspecified atom stereocenters. The third kappa shape index (κ3) is 6.17. The van der Waals surface area contributed by atoms with E-state index in [2.05, 4.69) is 89.1 Å². The Morgan fingerprint density at radius 1 is 0.639 bits per heavy atom. The van der Waals surface area contributed by atoms with E-state index in [-0.39, 0.29) is 11.9 Å². The minimum atomic E-state index is -0.338. The van der Waals surface area contributed by atoms with Crippen LogP contribution in [0.1, 0.15) is 59.2 Å². The normalized spacial score (nSPS) is 16.9. The fourth-order valence-electron chi connectivity index (χ4n) is 9.86. The highest BCUT2D eigenvalue weighted by molar-refractivity contribution is 6.02. The van der Waals surface area contributed by atoms with E-state index in [1.807, 2.05) is 24.3 Å². The summed E-state index contributed by atoms with van der Waals surface area (Å²) in [5.74, 6) is 2.87. The van der Waals surface area contributed by atoms with Crippen LogP contribution >= 0.6 is 0 Å². The standard InChI is InChI=1S/C26H26N4O2.C23H22N4O2/c1-32-26(31)18-12-20-24-22(14-18)28(19-8-9-19)10-11-29(24)25(27-20)23-13-17-4-2-3-5-21(17)30(23)15-16-6-7-16;1-29-23(28)16-10-17-21-18(11-16)25-22(26(21)9-8-24-17)20-12-15-4-2-3-5-19(15)27(20)13-14-6-7-14/h2-5,12-14,16,19H,6-11,15H2,1H3;2-5,10-12,14,24H,6-9,13H2,1H3. The van der Waals surface area contributed by atoms with Crippen LogP contribution < -0.4 is 10.2 Å². The van der Waals surface area contributed by atoms with Crippen molar-refractivity contribution in [2.75, 3.05) is 37.5 Å². The average Bonchev–Trinajstić information content (AvgIpc) is 4.25. The lowest BCUT2D eigenvalue weighted by Gasteiger charge is -2.31. The number of carbonyl (C=O) groups excluding carboxylic acids is 2. The molecule has 0 spiro atoms. The number of ether oxygens (including phenoxy) is 2. The summed E-state index contributed by atoms with van der Waals surface area (Å²) >= 11 is 0. The molecule has 0 saturated heterocycles. The Labute approximate surface area is 352 Å². The summed E-state index contributed by atoms with van der Waals surface area (Å²) in [5.41, 5.74) is 12.0. The quantitative estimate of drug-likeness (QED) is 0.144. The van der Waals surface area contributed by atoms with Gasteiger partial charge in [0.25, 0.3) is 0 Å². The zero-order valence-corrected chi connectivity index (χ0v) is 34.6. The van der Waals surface area contributed by atoms with Crippen LogP contribution in [0.3, 0.4) is 0 Å². The molecule has 4 aromatic carbocycles. The summed E-state index contributed by atoms with van der Waals surface area (Å²) in [6, 6.07) is 29.9. The molecule has 3 saturated carbocycles. The van der Waals surface area contributed by atoms with E-state index in [0.29, 0.717) is 17.2 Å². The first-order valence-corrected chi connectivity index (χ1v) is 21.9. The lowest BCUT2D eigenvalue weighted by Crippen LogP contribution is -2.33. The second-order valence-electron chi connectivity index (χ2n) is 17.5. The zero-order valence-electron chi connectivity index (χ0n) is 34.6. The van der Waals surface area contributed by atoms with Gasteiger partial charge in [-0.2, -0.15) is 0 Å². The van der Waals surface area contributed by atoms with Gasteiger partial charge in [0.1, 0.15) is 0 Å². The molecule has 4 aromatic heterocycles. The first-order chi connectivity index (χ1) is 29.9. The van der Waals surface area contributed by atoms with Crippen molar-refractivity contribution in [2.24, 2.45) is 11.8 Å². The topological polar surface area (TPSA) is 113 Å². The lowest BCUT2D eigenvalue weighted by molar-refractivity contribution is 0.0592. The highest BCUT2D eigenvalue weighted by atomic mass is 16.5.